The van der Waals surface area contributed by atoms with Crippen LogP contribution in [-0.4, -0.2) is 24.9 Å². The molecule has 1 aromatic carbocycles. The van der Waals surface area contributed by atoms with Crippen LogP contribution in [0.15, 0.2) is 22.7 Å². The molecule has 3 unspecified atom stereocenters. The molecule has 0 aliphatic carbocycles. The molecular weight excluding hydrogens is 330 g/mol. The minimum Gasteiger partial charge on any atom is -0.487 e. The molecule has 1 aromatic rings. The van der Waals surface area contributed by atoms with Gasteiger partial charge in [-0.05, 0) is 32.0 Å². The largest absolute Gasteiger partial charge is 0.487 e. The van der Waals surface area contributed by atoms with Gasteiger partial charge in [-0.3, -0.25) is 0 Å². The van der Waals surface area contributed by atoms with E-state index < -0.39 is 0 Å². The van der Waals surface area contributed by atoms with Crippen molar-refractivity contribution in [3.05, 3.63) is 28.2 Å². The van der Waals surface area contributed by atoms with Gasteiger partial charge in [0.25, 0.3) is 0 Å². The predicted molar refractivity (Wildman–Crippen MR) is 87.8 cm³/mol. The molecule has 0 saturated carbocycles. The van der Waals surface area contributed by atoms with Gasteiger partial charge in [0, 0.05) is 35.3 Å². The van der Waals surface area contributed by atoms with Crippen LogP contribution >= 0.6 is 15.9 Å². The van der Waals surface area contributed by atoms with Crippen molar-refractivity contribution in [2.45, 2.75) is 57.3 Å². The summed E-state index contributed by atoms with van der Waals surface area (Å²) in [5.41, 5.74) is 1.22. The van der Waals surface area contributed by atoms with Crippen molar-refractivity contribution in [1.82, 2.24) is 5.32 Å². The number of ether oxygens (including phenoxy) is 2. The Morgan fingerprint density at radius 2 is 2.24 bits per heavy atom. The van der Waals surface area contributed by atoms with Crippen molar-refractivity contribution < 1.29 is 9.47 Å². The molecule has 1 saturated heterocycles. The molecule has 0 amide bonds. The van der Waals surface area contributed by atoms with Crippen LogP contribution in [0.1, 0.15) is 51.1 Å². The maximum atomic E-state index is 6.47. The zero-order valence-electron chi connectivity index (χ0n) is 12.8. The first-order valence-corrected chi connectivity index (χ1v) is 8.75. The predicted octanol–water partition coefficient (Wildman–Crippen LogP) is 4.21. The quantitative estimate of drug-likeness (QED) is 0.882. The fraction of sp³-hybridized carbons (Fsp3) is 0.647. The van der Waals surface area contributed by atoms with Gasteiger partial charge >= 0.3 is 0 Å². The number of hydrogen-bond acceptors (Lipinski definition) is 3. The van der Waals surface area contributed by atoms with Crippen LogP contribution in [0.4, 0.5) is 0 Å². The SMILES string of the molecule is CCCNC1CC2(CCOC(C)C2)Oc2cc(Br)ccc21. The van der Waals surface area contributed by atoms with E-state index in [9.17, 15) is 0 Å². The normalized spacial score (nSPS) is 31.8. The Bertz CT molecular complexity index is 508. The third-order valence-electron chi connectivity index (χ3n) is 4.51. The van der Waals surface area contributed by atoms with Gasteiger partial charge in [-0.1, -0.05) is 28.9 Å². The van der Waals surface area contributed by atoms with Gasteiger partial charge in [-0.25, -0.2) is 0 Å². The smallest absolute Gasteiger partial charge is 0.126 e. The Balaban J connectivity index is 1.90. The Morgan fingerprint density at radius 1 is 1.38 bits per heavy atom. The van der Waals surface area contributed by atoms with Gasteiger partial charge in [0.1, 0.15) is 11.4 Å². The first-order valence-electron chi connectivity index (χ1n) is 7.95. The van der Waals surface area contributed by atoms with E-state index in [1.807, 2.05) is 0 Å². The topological polar surface area (TPSA) is 30.5 Å². The molecule has 4 heteroatoms. The third-order valence-corrected chi connectivity index (χ3v) is 5.01. The first-order chi connectivity index (χ1) is 10.1. The Labute approximate surface area is 135 Å². The molecule has 2 aliphatic rings. The summed E-state index contributed by atoms with van der Waals surface area (Å²) in [6.07, 6.45) is 4.42. The summed E-state index contributed by atoms with van der Waals surface area (Å²) in [4.78, 5) is 0. The third kappa shape index (κ3) is 3.27. The van der Waals surface area contributed by atoms with E-state index in [0.717, 1.165) is 49.1 Å². The highest BCUT2D eigenvalue weighted by molar-refractivity contribution is 9.10. The second-order valence-electron chi connectivity index (χ2n) is 6.31. The summed E-state index contributed by atoms with van der Waals surface area (Å²) in [5.74, 6) is 1.03. The summed E-state index contributed by atoms with van der Waals surface area (Å²) in [7, 11) is 0. The fourth-order valence-electron chi connectivity index (χ4n) is 3.55. The molecule has 0 bridgehead atoms. The highest BCUT2D eigenvalue weighted by Gasteiger charge is 2.43. The Morgan fingerprint density at radius 3 is 3.00 bits per heavy atom. The summed E-state index contributed by atoms with van der Waals surface area (Å²) < 4.78 is 13.3. The van der Waals surface area contributed by atoms with E-state index in [1.165, 1.54) is 5.56 Å². The first kappa shape index (κ1) is 15.3. The molecular formula is C17H24BrNO2. The van der Waals surface area contributed by atoms with Crippen LogP contribution in [0.5, 0.6) is 5.75 Å². The summed E-state index contributed by atoms with van der Waals surface area (Å²) in [6.45, 7) is 6.20. The molecule has 116 valence electrons. The fourth-order valence-corrected chi connectivity index (χ4v) is 3.89. The second-order valence-corrected chi connectivity index (χ2v) is 7.23. The van der Waals surface area contributed by atoms with Crippen molar-refractivity contribution in [2.75, 3.05) is 13.2 Å². The molecule has 0 radical (unpaired) electrons. The number of benzene rings is 1. The summed E-state index contributed by atoms with van der Waals surface area (Å²) in [6, 6.07) is 6.78. The van der Waals surface area contributed by atoms with Gasteiger partial charge < -0.3 is 14.8 Å². The van der Waals surface area contributed by atoms with Crippen molar-refractivity contribution in [2.24, 2.45) is 0 Å². The van der Waals surface area contributed by atoms with E-state index >= 15 is 0 Å². The average molecular weight is 354 g/mol. The lowest BCUT2D eigenvalue weighted by Crippen LogP contribution is -2.49. The average Bonchev–Trinajstić information content (AvgIpc) is 2.44. The zero-order chi connectivity index (χ0) is 14.9. The van der Waals surface area contributed by atoms with Gasteiger partial charge in [0.2, 0.25) is 0 Å². The monoisotopic (exact) mass is 353 g/mol. The lowest BCUT2D eigenvalue weighted by Gasteiger charge is -2.46. The minimum absolute atomic E-state index is 0.0726. The van der Waals surface area contributed by atoms with E-state index in [2.05, 4.69) is 53.3 Å². The van der Waals surface area contributed by atoms with Gasteiger partial charge in [-0.2, -0.15) is 0 Å². The van der Waals surface area contributed by atoms with Gasteiger partial charge in [-0.15, -0.1) is 0 Å². The molecule has 2 aliphatic heterocycles. The molecule has 3 nitrogen and oxygen atoms in total. The standard InChI is InChI=1S/C17H24BrNO2/c1-3-7-19-15-11-17(6-8-20-12(2)10-17)21-16-9-13(18)4-5-14(15)16/h4-5,9,12,15,19H,3,6-8,10-11H2,1-2H3. The highest BCUT2D eigenvalue weighted by Crippen LogP contribution is 2.45. The van der Waals surface area contributed by atoms with Gasteiger partial charge in [0.05, 0.1) is 12.7 Å². The van der Waals surface area contributed by atoms with Crippen molar-refractivity contribution >= 4 is 15.9 Å². The van der Waals surface area contributed by atoms with Crippen LogP contribution in [0.25, 0.3) is 0 Å². The van der Waals surface area contributed by atoms with Crippen LogP contribution in [0, 0.1) is 0 Å². The van der Waals surface area contributed by atoms with E-state index in [0.29, 0.717) is 6.04 Å². The van der Waals surface area contributed by atoms with E-state index in [-0.39, 0.29) is 11.7 Å². The van der Waals surface area contributed by atoms with Crippen molar-refractivity contribution in [3.8, 4) is 5.75 Å². The Hall–Kier alpha value is -0.580. The van der Waals surface area contributed by atoms with Crippen LogP contribution in [0.2, 0.25) is 0 Å². The minimum atomic E-state index is -0.0726. The summed E-state index contributed by atoms with van der Waals surface area (Å²) in [5, 5.41) is 3.70. The van der Waals surface area contributed by atoms with Crippen LogP contribution in [-0.2, 0) is 4.74 Å². The Kier molecular flexibility index (Phi) is 4.57. The number of hydrogen-bond donors (Lipinski definition) is 1. The van der Waals surface area contributed by atoms with Crippen LogP contribution < -0.4 is 10.1 Å². The summed E-state index contributed by atoms with van der Waals surface area (Å²) >= 11 is 3.56. The van der Waals surface area contributed by atoms with Crippen molar-refractivity contribution in [1.29, 1.82) is 0 Å². The van der Waals surface area contributed by atoms with Crippen LogP contribution in [0.3, 0.4) is 0 Å². The molecule has 2 heterocycles. The maximum Gasteiger partial charge on any atom is 0.126 e. The molecule has 3 rings (SSSR count). The lowest BCUT2D eigenvalue weighted by molar-refractivity contribution is -0.0967. The van der Waals surface area contributed by atoms with Crippen molar-refractivity contribution in [3.63, 3.8) is 0 Å². The molecule has 1 fully saturated rings. The lowest BCUT2D eigenvalue weighted by atomic mass is 9.80. The molecule has 0 aromatic heterocycles. The van der Waals surface area contributed by atoms with Gasteiger partial charge in [0.15, 0.2) is 0 Å². The zero-order valence-corrected chi connectivity index (χ0v) is 14.4. The molecule has 1 N–H and O–H groups in total. The maximum absolute atomic E-state index is 6.47. The number of nitrogens with one attached hydrogen (secondary N) is 1. The second kappa shape index (κ2) is 6.27. The number of rotatable bonds is 3. The van der Waals surface area contributed by atoms with E-state index in [4.69, 9.17) is 9.47 Å². The number of fused-ring (bicyclic) bond motifs is 1. The highest BCUT2D eigenvalue weighted by atomic mass is 79.9. The molecule has 3 atom stereocenters. The molecule has 21 heavy (non-hydrogen) atoms. The molecule has 1 spiro atoms. The van der Waals surface area contributed by atoms with E-state index in [1.54, 1.807) is 0 Å². The number of halogens is 1.